The number of rotatable bonds is 4. The molecule has 6 heteroatoms. The lowest BCUT2D eigenvalue weighted by Crippen LogP contribution is -2.10. The molecular weight excluding hydrogens is 336 g/mol. The second kappa shape index (κ2) is 7.16. The molecule has 0 amide bonds. The van der Waals surface area contributed by atoms with Gasteiger partial charge in [0, 0.05) is 11.3 Å². The molecule has 0 aliphatic heterocycles. The van der Waals surface area contributed by atoms with Gasteiger partial charge < -0.3 is 19.2 Å². The first-order valence-electron chi connectivity index (χ1n) is 8.13. The Morgan fingerprint density at radius 1 is 1.04 bits per heavy atom. The van der Waals surface area contributed by atoms with Crippen LogP contribution >= 0.6 is 12.2 Å². The number of aromatic amines is 1. The Kier molecular flexibility index (Phi) is 4.95. The van der Waals surface area contributed by atoms with Gasteiger partial charge in [0.25, 0.3) is 0 Å². The van der Waals surface area contributed by atoms with E-state index in [4.69, 9.17) is 26.4 Å². The molecule has 0 unspecified atom stereocenters. The van der Waals surface area contributed by atoms with Crippen molar-refractivity contribution in [3.05, 3.63) is 33.6 Å². The highest BCUT2D eigenvalue weighted by atomic mass is 32.1. The van der Waals surface area contributed by atoms with Crippen LogP contribution < -0.4 is 14.2 Å². The third-order valence-electron chi connectivity index (χ3n) is 4.58. The molecular formula is C19H20N2O3S. The summed E-state index contributed by atoms with van der Waals surface area (Å²) in [6.07, 6.45) is 4.09. The summed E-state index contributed by atoms with van der Waals surface area (Å²) in [6.45, 7) is 0. The number of aromatic nitrogens is 1. The Labute approximate surface area is 152 Å². The number of nitriles is 1. The molecule has 5 nitrogen and oxygen atoms in total. The molecule has 0 spiro atoms. The average molecular weight is 356 g/mol. The summed E-state index contributed by atoms with van der Waals surface area (Å²) in [4.78, 5) is 3.24. The van der Waals surface area contributed by atoms with Crippen LogP contribution in [0.15, 0.2) is 12.1 Å². The first-order valence-corrected chi connectivity index (χ1v) is 8.53. The molecule has 1 aromatic heterocycles. The Morgan fingerprint density at radius 3 is 2.24 bits per heavy atom. The zero-order valence-corrected chi connectivity index (χ0v) is 15.4. The minimum atomic E-state index is 0.479. The maximum absolute atomic E-state index is 9.69. The highest BCUT2D eigenvalue weighted by Gasteiger charge is 2.22. The van der Waals surface area contributed by atoms with Crippen LogP contribution in [0.1, 0.15) is 29.7 Å². The molecule has 1 heterocycles. The molecule has 2 aromatic rings. The van der Waals surface area contributed by atoms with Gasteiger partial charge in [0.05, 0.1) is 26.9 Å². The van der Waals surface area contributed by atoms with Crippen molar-refractivity contribution >= 4 is 12.2 Å². The van der Waals surface area contributed by atoms with E-state index in [0.29, 0.717) is 27.5 Å². The smallest absolute Gasteiger partial charge is 0.203 e. The number of ether oxygens (including phenoxy) is 3. The van der Waals surface area contributed by atoms with Crippen LogP contribution in [0.3, 0.4) is 0 Å². The van der Waals surface area contributed by atoms with Crippen molar-refractivity contribution in [2.45, 2.75) is 25.7 Å². The average Bonchev–Trinajstić information content (AvgIpc) is 2.65. The number of pyridine rings is 1. The number of fused-ring (bicyclic) bond motifs is 1. The topological polar surface area (TPSA) is 67.3 Å². The second-order valence-electron chi connectivity index (χ2n) is 5.89. The van der Waals surface area contributed by atoms with E-state index < -0.39 is 0 Å². The second-order valence-corrected chi connectivity index (χ2v) is 6.30. The molecule has 3 rings (SSSR count). The summed E-state index contributed by atoms with van der Waals surface area (Å²) >= 11 is 5.43. The quantitative estimate of drug-likeness (QED) is 0.832. The molecule has 0 saturated heterocycles. The summed E-state index contributed by atoms with van der Waals surface area (Å²) < 4.78 is 16.8. The lowest BCUT2D eigenvalue weighted by atomic mass is 9.87. The minimum Gasteiger partial charge on any atom is -0.493 e. The summed E-state index contributed by atoms with van der Waals surface area (Å²) in [5, 5.41) is 9.69. The lowest BCUT2D eigenvalue weighted by Gasteiger charge is -2.22. The van der Waals surface area contributed by atoms with Crippen molar-refractivity contribution in [3.8, 4) is 34.4 Å². The molecule has 130 valence electrons. The number of methoxy groups -OCH3 is 3. The van der Waals surface area contributed by atoms with E-state index in [0.717, 1.165) is 48.1 Å². The van der Waals surface area contributed by atoms with Crippen molar-refractivity contribution in [1.29, 1.82) is 5.26 Å². The largest absolute Gasteiger partial charge is 0.493 e. The van der Waals surface area contributed by atoms with E-state index >= 15 is 0 Å². The third-order valence-corrected chi connectivity index (χ3v) is 4.88. The first-order chi connectivity index (χ1) is 12.1. The van der Waals surface area contributed by atoms with Gasteiger partial charge >= 0.3 is 0 Å². The molecule has 0 radical (unpaired) electrons. The molecule has 1 aromatic carbocycles. The monoisotopic (exact) mass is 356 g/mol. The van der Waals surface area contributed by atoms with Crippen LogP contribution in [-0.2, 0) is 12.8 Å². The van der Waals surface area contributed by atoms with Crippen molar-refractivity contribution in [2.24, 2.45) is 0 Å². The highest BCUT2D eigenvalue weighted by Crippen LogP contribution is 2.43. The van der Waals surface area contributed by atoms with Crippen LogP contribution in [0, 0.1) is 16.0 Å². The van der Waals surface area contributed by atoms with Crippen molar-refractivity contribution in [2.75, 3.05) is 21.3 Å². The van der Waals surface area contributed by atoms with Gasteiger partial charge in [-0.1, -0.05) is 12.2 Å². The molecule has 0 saturated carbocycles. The van der Waals surface area contributed by atoms with Crippen molar-refractivity contribution in [1.82, 2.24) is 4.98 Å². The fraction of sp³-hybridized carbons (Fsp3) is 0.368. The zero-order chi connectivity index (χ0) is 18.0. The van der Waals surface area contributed by atoms with Gasteiger partial charge in [-0.15, -0.1) is 0 Å². The van der Waals surface area contributed by atoms with Crippen LogP contribution in [0.25, 0.3) is 11.1 Å². The first kappa shape index (κ1) is 17.3. The van der Waals surface area contributed by atoms with Crippen LogP contribution in [0.5, 0.6) is 17.2 Å². The molecule has 1 aliphatic rings. The maximum atomic E-state index is 9.69. The van der Waals surface area contributed by atoms with Crippen LogP contribution in [0.2, 0.25) is 0 Å². The van der Waals surface area contributed by atoms with E-state index in [1.807, 2.05) is 12.1 Å². The van der Waals surface area contributed by atoms with Gasteiger partial charge in [0.15, 0.2) is 11.5 Å². The highest BCUT2D eigenvalue weighted by molar-refractivity contribution is 7.71. The number of nitrogens with one attached hydrogen (secondary N) is 1. The van der Waals surface area contributed by atoms with E-state index in [1.165, 1.54) is 0 Å². The maximum Gasteiger partial charge on any atom is 0.203 e. The van der Waals surface area contributed by atoms with Crippen molar-refractivity contribution in [3.63, 3.8) is 0 Å². The summed E-state index contributed by atoms with van der Waals surface area (Å²) in [5.74, 6) is 1.65. The molecule has 1 N–H and O–H groups in total. The minimum absolute atomic E-state index is 0.479. The summed E-state index contributed by atoms with van der Waals surface area (Å²) in [7, 11) is 4.74. The fourth-order valence-electron chi connectivity index (χ4n) is 3.43. The van der Waals surface area contributed by atoms with Gasteiger partial charge in [-0.3, -0.25) is 0 Å². The van der Waals surface area contributed by atoms with Gasteiger partial charge in [-0.05, 0) is 48.9 Å². The van der Waals surface area contributed by atoms with Crippen LogP contribution in [0.4, 0.5) is 0 Å². The lowest BCUT2D eigenvalue weighted by molar-refractivity contribution is 0.324. The zero-order valence-electron chi connectivity index (χ0n) is 14.6. The van der Waals surface area contributed by atoms with Crippen LogP contribution in [-0.4, -0.2) is 26.3 Å². The molecule has 1 aliphatic carbocycles. The number of hydrogen-bond acceptors (Lipinski definition) is 5. The number of aryl methyl sites for hydroxylation is 1. The Hall–Kier alpha value is -2.52. The SMILES string of the molecule is COc1cc(-c2c3c([nH]c(=S)c2C#N)CCCC3)cc(OC)c1OC. The normalized spacial score (nSPS) is 12.9. The van der Waals surface area contributed by atoms with Gasteiger partial charge in [-0.25, -0.2) is 0 Å². The van der Waals surface area contributed by atoms with Gasteiger partial charge in [0.1, 0.15) is 10.7 Å². The predicted octanol–water partition coefficient (Wildman–Crippen LogP) is 4.19. The molecule has 0 bridgehead atoms. The standard InChI is InChI=1S/C19H20N2O3S/c1-22-15-8-11(9-16(23-2)18(15)24-3)17-12-6-4-5-7-14(12)21-19(25)13(17)10-20/h8-9H,4-7H2,1-3H3,(H,21,25). The molecule has 0 fully saturated rings. The van der Waals surface area contributed by atoms with Gasteiger partial charge in [0.2, 0.25) is 5.75 Å². The summed E-state index contributed by atoms with van der Waals surface area (Å²) in [5.41, 5.74) is 4.50. The Balaban J connectivity index is 2.35. The van der Waals surface area contributed by atoms with Crippen molar-refractivity contribution < 1.29 is 14.2 Å². The number of H-pyrrole nitrogens is 1. The van der Waals surface area contributed by atoms with E-state index in [9.17, 15) is 5.26 Å². The molecule has 0 atom stereocenters. The molecule has 25 heavy (non-hydrogen) atoms. The van der Waals surface area contributed by atoms with E-state index in [1.54, 1.807) is 21.3 Å². The van der Waals surface area contributed by atoms with E-state index in [-0.39, 0.29) is 0 Å². The predicted molar refractivity (Wildman–Crippen MR) is 98.1 cm³/mol. The summed E-state index contributed by atoms with van der Waals surface area (Å²) in [6, 6.07) is 6.02. The Morgan fingerprint density at radius 2 is 1.68 bits per heavy atom. The third kappa shape index (κ3) is 2.96. The van der Waals surface area contributed by atoms with E-state index in [2.05, 4.69) is 11.1 Å². The fourth-order valence-corrected chi connectivity index (χ4v) is 3.70. The number of hydrogen-bond donors (Lipinski definition) is 1. The van der Waals surface area contributed by atoms with Gasteiger partial charge in [-0.2, -0.15) is 5.26 Å². The number of benzene rings is 1. The Bertz CT molecular complexity index is 887. The number of nitrogens with zero attached hydrogens (tertiary/aromatic N) is 1.